The van der Waals surface area contributed by atoms with E-state index in [0.29, 0.717) is 41.9 Å². The summed E-state index contributed by atoms with van der Waals surface area (Å²) in [5.41, 5.74) is 1.80. The maximum absolute atomic E-state index is 11.6. The van der Waals surface area contributed by atoms with E-state index in [-0.39, 0.29) is 6.61 Å². The fourth-order valence-electron chi connectivity index (χ4n) is 2.78. The van der Waals surface area contributed by atoms with Crippen molar-refractivity contribution in [2.45, 2.75) is 19.4 Å². The fraction of sp³-hybridized carbons (Fsp3) is 0.300. The van der Waals surface area contributed by atoms with Crippen molar-refractivity contribution in [1.82, 2.24) is 25.2 Å². The van der Waals surface area contributed by atoms with Gasteiger partial charge in [-0.2, -0.15) is 0 Å². The minimum Gasteiger partial charge on any atom is -0.465 e. The monoisotopic (exact) mass is 443 g/mol. The average Bonchev–Trinajstić information content (AvgIpc) is 3.20. The van der Waals surface area contributed by atoms with Gasteiger partial charge < -0.3 is 9.94 Å². The maximum atomic E-state index is 11.6. The van der Waals surface area contributed by atoms with Gasteiger partial charge in [0.15, 0.2) is 12.3 Å². The lowest BCUT2D eigenvalue weighted by atomic mass is 10.1. The first-order valence-electron chi connectivity index (χ1n) is 9.60. The molecule has 31 heavy (non-hydrogen) atoms. The zero-order valence-corrected chi connectivity index (χ0v) is 17.7. The predicted octanol–water partition coefficient (Wildman–Crippen LogP) is 3.08. The van der Waals surface area contributed by atoms with Crippen LogP contribution in [-0.2, 0) is 18.5 Å². The number of carboxylic acid groups (broad SMARTS) is 1. The van der Waals surface area contributed by atoms with E-state index in [1.54, 1.807) is 25.2 Å². The van der Waals surface area contributed by atoms with Gasteiger partial charge in [0.05, 0.1) is 5.69 Å². The first-order chi connectivity index (χ1) is 15.1. The van der Waals surface area contributed by atoms with Crippen LogP contribution in [-0.4, -0.2) is 54.5 Å². The molecule has 3 rings (SSSR count). The van der Waals surface area contributed by atoms with Crippen LogP contribution in [0.3, 0.4) is 0 Å². The Labute approximate surface area is 184 Å². The number of tetrazole rings is 1. The molecule has 10 nitrogen and oxygen atoms in total. The van der Waals surface area contributed by atoms with Crippen molar-refractivity contribution in [3.8, 4) is 0 Å². The highest BCUT2D eigenvalue weighted by atomic mass is 35.5. The Bertz CT molecular complexity index is 1030. The van der Waals surface area contributed by atoms with Crippen LogP contribution in [0.25, 0.3) is 0 Å². The Hall–Kier alpha value is -3.53. The van der Waals surface area contributed by atoms with Crippen LogP contribution >= 0.6 is 11.6 Å². The first kappa shape index (κ1) is 22.2. The average molecular weight is 444 g/mol. The van der Waals surface area contributed by atoms with Crippen molar-refractivity contribution in [2.75, 3.05) is 17.3 Å². The second-order valence-electron chi connectivity index (χ2n) is 6.52. The molecule has 0 saturated carbocycles. The Kier molecular flexibility index (Phi) is 7.88. The van der Waals surface area contributed by atoms with Gasteiger partial charge in [-0.05, 0) is 35.4 Å². The van der Waals surface area contributed by atoms with Crippen LogP contribution in [0.15, 0.2) is 53.7 Å². The number of carbonyl (C=O) groups is 1. The minimum absolute atomic E-state index is 0.0462. The molecule has 0 fully saturated rings. The number of nitrogens with zero attached hydrogens (tertiary/aromatic N) is 7. The number of alkyl halides is 1. The van der Waals surface area contributed by atoms with E-state index < -0.39 is 6.09 Å². The lowest BCUT2D eigenvalue weighted by molar-refractivity contribution is 0.128. The van der Waals surface area contributed by atoms with Gasteiger partial charge in [0.25, 0.3) is 0 Å². The topological polar surface area (TPSA) is 119 Å². The van der Waals surface area contributed by atoms with Crippen LogP contribution in [0.1, 0.15) is 29.9 Å². The molecule has 0 aliphatic rings. The molecule has 3 aromatic rings. The number of benzene rings is 1. The summed E-state index contributed by atoms with van der Waals surface area (Å²) in [6.07, 6.45) is 0.302. The van der Waals surface area contributed by atoms with Crippen molar-refractivity contribution in [3.05, 3.63) is 65.6 Å². The lowest BCUT2D eigenvalue weighted by Crippen LogP contribution is -2.31. The largest absolute Gasteiger partial charge is 0.465 e. The number of hydrogen-bond acceptors (Lipinski definition) is 7. The zero-order valence-electron chi connectivity index (χ0n) is 16.9. The summed E-state index contributed by atoms with van der Waals surface area (Å²) in [7, 11) is 1.71. The maximum Gasteiger partial charge on any atom is 0.413 e. The van der Waals surface area contributed by atoms with Crippen LogP contribution in [0, 0.1) is 0 Å². The third kappa shape index (κ3) is 5.98. The molecule has 0 aliphatic carbocycles. The number of amides is 1. The second-order valence-corrected chi connectivity index (χ2v) is 6.90. The van der Waals surface area contributed by atoms with Crippen molar-refractivity contribution in [1.29, 1.82) is 0 Å². The lowest BCUT2D eigenvalue weighted by Gasteiger charge is -2.18. The number of oxime groups is 1. The highest BCUT2D eigenvalue weighted by Gasteiger charge is 2.17. The van der Waals surface area contributed by atoms with E-state index in [9.17, 15) is 9.90 Å². The van der Waals surface area contributed by atoms with Crippen molar-refractivity contribution in [2.24, 2.45) is 12.2 Å². The van der Waals surface area contributed by atoms with E-state index in [1.807, 2.05) is 30.3 Å². The third-order valence-electron chi connectivity index (χ3n) is 4.31. The Balaban J connectivity index is 1.76. The van der Waals surface area contributed by atoms with Crippen LogP contribution < -0.4 is 4.90 Å². The molecule has 2 aromatic heterocycles. The molecule has 2 heterocycles. The van der Waals surface area contributed by atoms with Gasteiger partial charge in [-0.1, -0.05) is 41.6 Å². The second kappa shape index (κ2) is 11.0. The predicted molar refractivity (Wildman–Crippen MR) is 115 cm³/mol. The number of aromatic nitrogens is 5. The molecule has 0 atom stereocenters. The summed E-state index contributed by atoms with van der Waals surface area (Å²) in [6.45, 7) is 0.361. The number of pyridine rings is 1. The molecular formula is C20H22ClN7O3. The normalized spacial score (nSPS) is 11.4. The van der Waals surface area contributed by atoms with Gasteiger partial charge >= 0.3 is 6.09 Å². The molecule has 11 heteroatoms. The van der Waals surface area contributed by atoms with E-state index in [0.717, 1.165) is 12.0 Å². The Morgan fingerprint density at radius 1 is 1.19 bits per heavy atom. The number of hydrogen-bond donors (Lipinski definition) is 1. The highest BCUT2D eigenvalue weighted by molar-refractivity contribution is 6.17. The van der Waals surface area contributed by atoms with Gasteiger partial charge in [0.1, 0.15) is 5.82 Å². The molecule has 0 radical (unpaired) electrons. The number of unbranched alkanes of at least 4 members (excludes halogenated alkanes) is 1. The van der Waals surface area contributed by atoms with Crippen molar-refractivity contribution >= 4 is 29.2 Å². The summed E-state index contributed by atoms with van der Waals surface area (Å²) < 4.78 is 1.50. The minimum atomic E-state index is -1.07. The van der Waals surface area contributed by atoms with Crippen LogP contribution in [0.2, 0.25) is 0 Å². The third-order valence-corrected chi connectivity index (χ3v) is 4.58. The molecule has 0 unspecified atom stereocenters. The Morgan fingerprint density at radius 2 is 2.00 bits per heavy atom. The number of halogens is 1. The molecular weight excluding hydrogens is 422 g/mol. The highest BCUT2D eigenvalue weighted by Crippen LogP contribution is 2.15. The number of aryl methyl sites for hydroxylation is 1. The zero-order chi connectivity index (χ0) is 22.1. The molecule has 0 spiro atoms. The summed E-state index contributed by atoms with van der Waals surface area (Å²) in [5.74, 6) is 1.26. The molecule has 1 amide bonds. The summed E-state index contributed by atoms with van der Waals surface area (Å²) in [5, 5.41) is 25.2. The Morgan fingerprint density at radius 3 is 2.68 bits per heavy atom. The fourth-order valence-corrected chi connectivity index (χ4v) is 2.97. The van der Waals surface area contributed by atoms with E-state index in [4.69, 9.17) is 16.4 Å². The summed E-state index contributed by atoms with van der Waals surface area (Å²) in [4.78, 5) is 22.7. The molecule has 162 valence electrons. The quantitative estimate of drug-likeness (QED) is 0.221. The van der Waals surface area contributed by atoms with Crippen molar-refractivity contribution in [3.63, 3.8) is 0 Å². The molecule has 0 saturated heterocycles. The first-order valence-corrected chi connectivity index (χ1v) is 10.1. The van der Waals surface area contributed by atoms with Gasteiger partial charge in [-0.3, -0.25) is 4.90 Å². The SMILES string of the molecule is Cn1nnnc1C(=NOCc1cccc(N(CCCCCl)C(=O)O)n1)c1ccccc1. The molecule has 0 aliphatic heterocycles. The standard InChI is InChI=1S/C20H22ClN7O3/c1-27-19(23-25-26-27)18(15-8-3-2-4-9-15)24-31-14-16-10-7-11-17(22-16)28(20(29)30)13-6-5-12-21/h2-4,7-11H,5-6,12-14H2,1H3,(H,29,30). The van der Waals surface area contributed by atoms with Gasteiger partial charge in [-0.15, -0.1) is 16.7 Å². The van der Waals surface area contributed by atoms with Gasteiger partial charge in [-0.25, -0.2) is 14.5 Å². The molecule has 1 aromatic carbocycles. The van der Waals surface area contributed by atoms with Gasteiger partial charge in [0.2, 0.25) is 5.82 Å². The number of anilines is 1. The van der Waals surface area contributed by atoms with E-state index in [1.165, 1.54) is 9.58 Å². The molecule has 1 N–H and O–H groups in total. The van der Waals surface area contributed by atoms with Gasteiger partial charge in [0, 0.05) is 25.0 Å². The van der Waals surface area contributed by atoms with Crippen LogP contribution in [0.5, 0.6) is 0 Å². The van der Waals surface area contributed by atoms with E-state index >= 15 is 0 Å². The van der Waals surface area contributed by atoms with Crippen molar-refractivity contribution < 1.29 is 14.7 Å². The number of rotatable bonds is 10. The summed E-state index contributed by atoms with van der Waals surface area (Å²) >= 11 is 5.69. The summed E-state index contributed by atoms with van der Waals surface area (Å²) in [6, 6.07) is 14.5. The van der Waals surface area contributed by atoms with Crippen LogP contribution in [0.4, 0.5) is 10.6 Å². The van der Waals surface area contributed by atoms with E-state index in [2.05, 4.69) is 25.7 Å². The molecule has 0 bridgehead atoms. The smallest absolute Gasteiger partial charge is 0.413 e.